The maximum atomic E-state index is 10.9. The minimum absolute atomic E-state index is 0. The van der Waals surface area contributed by atoms with Crippen molar-refractivity contribution in [1.29, 1.82) is 0 Å². The number of fused-ring (bicyclic) bond motifs is 1. The molecular weight excluding hydrogens is 334 g/mol. The molecule has 25 heavy (non-hydrogen) atoms. The number of aromatic hydroxyl groups is 1. The van der Waals surface area contributed by atoms with Gasteiger partial charge in [-0.05, 0) is 38.7 Å². The molecule has 0 atom stereocenters. The van der Waals surface area contributed by atoms with E-state index in [0.29, 0.717) is 10.8 Å². The molecule has 2 aromatic carbocycles. The molecule has 0 fully saturated rings. The monoisotopic (exact) mass is 359 g/mol. The lowest BCUT2D eigenvalue weighted by atomic mass is 9.79. The van der Waals surface area contributed by atoms with Crippen LogP contribution in [0.3, 0.4) is 0 Å². The van der Waals surface area contributed by atoms with Crippen LogP contribution in [0.5, 0.6) is 5.75 Å². The van der Waals surface area contributed by atoms with Gasteiger partial charge in [0, 0.05) is 11.6 Å². The number of hydrogen-bond donors (Lipinski definition) is 2. The van der Waals surface area contributed by atoms with Crippen molar-refractivity contribution in [3.8, 4) is 5.75 Å². The van der Waals surface area contributed by atoms with Crippen molar-refractivity contribution in [2.75, 3.05) is 0 Å². The molecule has 5 heteroatoms. The second kappa shape index (κ2) is 6.43. The van der Waals surface area contributed by atoms with Crippen LogP contribution in [0.2, 0.25) is 0 Å². The maximum absolute atomic E-state index is 10.9. The third-order valence-electron chi connectivity index (χ3n) is 4.36. The first-order valence-corrected chi connectivity index (χ1v) is 8.35. The van der Waals surface area contributed by atoms with E-state index < -0.39 is 0 Å². The van der Waals surface area contributed by atoms with Crippen molar-refractivity contribution in [3.63, 3.8) is 0 Å². The van der Waals surface area contributed by atoms with Gasteiger partial charge in [-0.2, -0.15) is 0 Å². The standard InChI is InChI=1S/C20H25N3O.ClH/c1-19(2,3)13-11-14(20(4,5)6)18(24)17(12-13)23-21-15-9-7-8-10-16(15)22-23;/h7-12,24H,1-6H3;1H. The SMILES string of the molecule is CC(C)(C)c1cc([NH+]2N=c3ccccc3=N2)c(O)c(C(C)(C)C)c1.[Cl-]. The number of benzene rings is 2. The van der Waals surface area contributed by atoms with Crippen molar-refractivity contribution in [3.05, 3.63) is 58.2 Å². The van der Waals surface area contributed by atoms with E-state index in [0.717, 1.165) is 16.3 Å². The molecule has 2 aromatic rings. The largest absolute Gasteiger partial charge is 1.00 e. The zero-order valence-electron chi connectivity index (χ0n) is 15.7. The summed E-state index contributed by atoms with van der Waals surface area (Å²) in [7, 11) is 0. The number of quaternary nitrogens is 1. The highest BCUT2D eigenvalue weighted by Gasteiger charge is 2.30. The second-order valence-corrected chi connectivity index (χ2v) is 8.46. The first-order chi connectivity index (χ1) is 11.1. The van der Waals surface area contributed by atoms with Gasteiger partial charge in [-0.1, -0.05) is 64.9 Å². The molecule has 134 valence electrons. The summed E-state index contributed by atoms with van der Waals surface area (Å²) in [4.78, 5) is 0. The smallest absolute Gasteiger partial charge is 0.227 e. The summed E-state index contributed by atoms with van der Waals surface area (Å²) in [6.07, 6.45) is 0. The van der Waals surface area contributed by atoms with Crippen molar-refractivity contribution >= 4 is 5.69 Å². The van der Waals surface area contributed by atoms with E-state index in [2.05, 4.69) is 57.8 Å². The Morgan fingerprint density at radius 3 is 1.80 bits per heavy atom. The first kappa shape index (κ1) is 19.4. The third kappa shape index (κ3) is 3.70. The van der Waals surface area contributed by atoms with E-state index in [9.17, 15) is 5.11 Å². The number of nitrogens with zero attached hydrogens (tertiary/aromatic N) is 2. The van der Waals surface area contributed by atoms with Gasteiger partial charge in [0.15, 0.2) is 16.5 Å². The second-order valence-electron chi connectivity index (χ2n) is 8.46. The van der Waals surface area contributed by atoms with Gasteiger partial charge in [0.1, 0.15) is 0 Å². The fraction of sp³-hybridized carbons (Fsp3) is 0.400. The van der Waals surface area contributed by atoms with Crippen LogP contribution in [0.25, 0.3) is 0 Å². The predicted molar refractivity (Wildman–Crippen MR) is 94.9 cm³/mol. The van der Waals surface area contributed by atoms with Crippen molar-refractivity contribution < 1.29 is 22.6 Å². The van der Waals surface area contributed by atoms with Crippen LogP contribution in [0, 0.1) is 0 Å². The van der Waals surface area contributed by atoms with Gasteiger partial charge >= 0.3 is 0 Å². The minimum atomic E-state index is -0.161. The summed E-state index contributed by atoms with van der Waals surface area (Å²) in [5, 5.41) is 22.4. The van der Waals surface area contributed by atoms with Gasteiger partial charge < -0.3 is 17.5 Å². The molecule has 0 saturated carbocycles. The normalized spacial score (nSPS) is 14.3. The van der Waals surface area contributed by atoms with Crippen LogP contribution < -0.4 is 28.2 Å². The topological polar surface area (TPSA) is 49.4 Å². The molecule has 4 nitrogen and oxygen atoms in total. The van der Waals surface area contributed by atoms with E-state index in [1.54, 1.807) is 0 Å². The fourth-order valence-electron chi connectivity index (χ4n) is 2.84. The molecule has 2 N–H and O–H groups in total. The fourth-order valence-corrected chi connectivity index (χ4v) is 2.84. The lowest BCUT2D eigenvalue weighted by Crippen LogP contribution is -3.00. The number of rotatable bonds is 1. The Kier molecular flexibility index (Phi) is 4.99. The molecule has 0 radical (unpaired) electrons. The van der Waals surface area contributed by atoms with E-state index in [1.165, 1.54) is 5.56 Å². The van der Waals surface area contributed by atoms with Crippen LogP contribution >= 0.6 is 0 Å². The van der Waals surface area contributed by atoms with E-state index in [1.807, 2.05) is 30.3 Å². The number of phenolic OH excluding ortho intramolecular Hbond substituents is 1. The van der Waals surface area contributed by atoms with Crippen LogP contribution in [-0.4, -0.2) is 5.11 Å². The van der Waals surface area contributed by atoms with Crippen LogP contribution in [-0.2, 0) is 10.8 Å². The van der Waals surface area contributed by atoms with Crippen molar-refractivity contribution in [2.24, 2.45) is 10.2 Å². The minimum Gasteiger partial charge on any atom is -1.00 e. The third-order valence-corrected chi connectivity index (χ3v) is 4.36. The van der Waals surface area contributed by atoms with E-state index in [-0.39, 0.29) is 29.0 Å². The average molecular weight is 360 g/mol. The lowest BCUT2D eigenvalue weighted by Gasteiger charge is -2.26. The Morgan fingerprint density at radius 2 is 1.36 bits per heavy atom. The zero-order valence-corrected chi connectivity index (χ0v) is 16.4. The maximum Gasteiger partial charge on any atom is 0.227 e. The average Bonchev–Trinajstić information content (AvgIpc) is 2.88. The molecule has 0 aliphatic carbocycles. The molecular formula is C20H26ClN3O. The molecule has 1 heterocycles. The summed E-state index contributed by atoms with van der Waals surface area (Å²) < 4.78 is 0. The molecule has 0 unspecified atom stereocenters. The molecule has 0 amide bonds. The number of hydrogen-bond acceptors (Lipinski definition) is 3. The van der Waals surface area contributed by atoms with Gasteiger partial charge in [-0.3, -0.25) is 0 Å². The van der Waals surface area contributed by atoms with E-state index in [4.69, 9.17) is 0 Å². The number of phenols is 1. The molecule has 0 aromatic heterocycles. The molecule has 0 spiro atoms. The molecule has 0 bridgehead atoms. The van der Waals surface area contributed by atoms with E-state index >= 15 is 0 Å². The quantitative estimate of drug-likeness (QED) is 0.649. The molecule has 1 aliphatic heterocycles. The van der Waals surface area contributed by atoms with Gasteiger partial charge in [0.25, 0.3) is 0 Å². The highest BCUT2D eigenvalue weighted by atomic mass is 35.5. The summed E-state index contributed by atoms with van der Waals surface area (Å²) in [6.45, 7) is 12.9. The van der Waals surface area contributed by atoms with Crippen LogP contribution in [0.15, 0.2) is 46.6 Å². The lowest BCUT2D eigenvalue weighted by molar-refractivity contribution is -0.849. The zero-order chi connectivity index (χ0) is 17.7. The highest BCUT2D eigenvalue weighted by Crippen LogP contribution is 2.38. The number of halogens is 1. The molecule has 0 saturated heterocycles. The van der Waals surface area contributed by atoms with Gasteiger partial charge in [0.2, 0.25) is 5.69 Å². The Bertz CT molecular complexity index is 873. The van der Waals surface area contributed by atoms with Crippen LogP contribution in [0.4, 0.5) is 5.69 Å². The summed E-state index contributed by atoms with van der Waals surface area (Å²) >= 11 is 0. The highest BCUT2D eigenvalue weighted by molar-refractivity contribution is 5.56. The van der Waals surface area contributed by atoms with Gasteiger partial charge in [0.05, 0.1) is 0 Å². The number of nitrogens with one attached hydrogen (secondary N) is 1. The first-order valence-electron chi connectivity index (χ1n) is 8.35. The summed E-state index contributed by atoms with van der Waals surface area (Å²) in [5.74, 6) is 0.283. The Hall–Kier alpha value is -1.91. The van der Waals surface area contributed by atoms with Crippen molar-refractivity contribution in [1.82, 2.24) is 0 Å². The predicted octanol–water partition coefficient (Wildman–Crippen LogP) is -0.709. The Balaban J connectivity index is 0.00000225. The summed E-state index contributed by atoms with van der Waals surface area (Å²) in [5.41, 5.74) is 2.64. The van der Waals surface area contributed by atoms with Gasteiger partial charge in [-0.25, -0.2) is 0 Å². The Labute approximate surface area is 155 Å². The molecule has 1 aliphatic rings. The van der Waals surface area contributed by atoms with Gasteiger partial charge in [-0.15, -0.1) is 0 Å². The molecule has 3 rings (SSSR count). The van der Waals surface area contributed by atoms with Crippen molar-refractivity contribution in [2.45, 2.75) is 52.4 Å². The number of para-hydroxylation sites is 2. The summed E-state index contributed by atoms with van der Waals surface area (Å²) in [6, 6.07) is 11.9. The Morgan fingerprint density at radius 1 is 0.840 bits per heavy atom. The van der Waals surface area contributed by atoms with Crippen LogP contribution in [0.1, 0.15) is 52.7 Å².